The fraction of sp³-hybridized carbons (Fsp3) is 0.176. The SMILES string of the molecule is Cc1ccc(C)c(OCC(=O)N/N=C/c2ccccc2F)c1. The van der Waals surface area contributed by atoms with Crippen LogP contribution in [0.15, 0.2) is 47.6 Å². The molecule has 2 aromatic rings. The first-order valence-corrected chi connectivity index (χ1v) is 6.83. The maximum atomic E-state index is 13.3. The topological polar surface area (TPSA) is 50.7 Å². The fourth-order valence-electron chi connectivity index (χ4n) is 1.79. The van der Waals surface area contributed by atoms with E-state index in [1.807, 2.05) is 32.0 Å². The molecule has 0 radical (unpaired) electrons. The quantitative estimate of drug-likeness (QED) is 0.682. The minimum Gasteiger partial charge on any atom is -0.483 e. The predicted molar refractivity (Wildman–Crippen MR) is 83.5 cm³/mol. The summed E-state index contributed by atoms with van der Waals surface area (Å²) >= 11 is 0. The summed E-state index contributed by atoms with van der Waals surface area (Å²) in [5.74, 6) is -0.145. The second-order valence-electron chi connectivity index (χ2n) is 4.87. The molecule has 0 atom stereocenters. The largest absolute Gasteiger partial charge is 0.483 e. The van der Waals surface area contributed by atoms with Crippen LogP contribution in [0, 0.1) is 19.7 Å². The normalized spacial score (nSPS) is 10.7. The van der Waals surface area contributed by atoms with E-state index in [1.54, 1.807) is 18.2 Å². The Bertz CT molecular complexity index is 699. The van der Waals surface area contributed by atoms with Gasteiger partial charge in [0.25, 0.3) is 5.91 Å². The minimum atomic E-state index is -0.409. The van der Waals surface area contributed by atoms with Crippen molar-refractivity contribution in [1.29, 1.82) is 0 Å². The number of ether oxygens (including phenoxy) is 1. The fourth-order valence-corrected chi connectivity index (χ4v) is 1.79. The highest BCUT2D eigenvalue weighted by Gasteiger charge is 2.04. The lowest BCUT2D eigenvalue weighted by atomic mass is 10.1. The Balaban J connectivity index is 1.86. The van der Waals surface area contributed by atoms with E-state index in [0.29, 0.717) is 11.3 Å². The number of hydrogen-bond acceptors (Lipinski definition) is 3. The van der Waals surface area contributed by atoms with Gasteiger partial charge in [-0.1, -0.05) is 30.3 Å². The van der Waals surface area contributed by atoms with Crippen molar-refractivity contribution in [3.8, 4) is 5.75 Å². The molecule has 1 N–H and O–H groups in total. The number of halogens is 1. The van der Waals surface area contributed by atoms with Crippen LogP contribution in [0.2, 0.25) is 0 Å². The Morgan fingerprint density at radius 2 is 2.05 bits per heavy atom. The first kappa shape index (κ1) is 15.7. The van der Waals surface area contributed by atoms with Gasteiger partial charge in [-0.05, 0) is 37.1 Å². The van der Waals surface area contributed by atoms with Crippen molar-refractivity contribution in [2.24, 2.45) is 5.10 Å². The summed E-state index contributed by atoms with van der Waals surface area (Å²) in [7, 11) is 0. The number of hydrogen-bond donors (Lipinski definition) is 1. The third-order valence-electron chi connectivity index (χ3n) is 3.00. The van der Waals surface area contributed by atoms with Gasteiger partial charge < -0.3 is 4.74 Å². The first-order chi connectivity index (χ1) is 10.6. The van der Waals surface area contributed by atoms with Crippen molar-refractivity contribution in [2.75, 3.05) is 6.61 Å². The Morgan fingerprint density at radius 3 is 2.82 bits per heavy atom. The number of carbonyl (C=O) groups is 1. The summed E-state index contributed by atoms with van der Waals surface area (Å²) in [4.78, 5) is 11.6. The summed E-state index contributed by atoms with van der Waals surface area (Å²) < 4.78 is 18.8. The minimum absolute atomic E-state index is 0.154. The van der Waals surface area contributed by atoms with Gasteiger partial charge in [-0.2, -0.15) is 5.10 Å². The number of nitrogens with zero attached hydrogens (tertiary/aromatic N) is 1. The first-order valence-electron chi connectivity index (χ1n) is 6.83. The van der Waals surface area contributed by atoms with Crippen LogP contribution in [0.1, 0.15) is 16.7 Å². The molecule has 0 saturated heterocycles. The summed E-state index contributed by atoms with van der Waals surface area (Å²) in [6, 6.07) is 11.9. The Labute approximate surface area is 128 Å². The number of hydrazone groups is 1. The zero-order valence-corrected chi connectivity index (χ0v) is 12.5. The lowest BCUT2D eigenvalue weighted by Crippen LogP contribution is -2.24. The van der Waals surface area contributed by atoms with Gasteiger partial charge in [0, 0.05) is 5.56 Å². The van der Waals surface area contributed by atoms with E-state index >= 15 is 0 Å². The molecule has 0 aliphatic rings. The molecule has 2 rings (SSSR count). The van der Waals surface area contributed by atoms with E-state index in [1.165, 1.54) is 12.3 Å². The molecule has 0 unspecified atom stereocenters. The molecule has 5 heteroatoms. The zero-order valence-electron chi connectivity index (χ0n) is 12.5. The van der Waals surface area contributed by atoms with Crippen molar-refractivity contribution < 1.29 is 13.9 Å². The second-order valence-corrected chi connectivity index (χ2v) is 4.87. The van der Waals surface area contributed by atoms with Gasteiger partial charge in [-0.3, -0.25) is 4.79 Å². The molecule has 0 bridgehead atoms. The lowest BCUT2D eigenvalue weighted by Gasteiger charge is -2.08. The summed E-state index contributed by atoms with van der Waals surface area (Å²) in [6.45, 7) is 3.70. The number of amides is 1. The van der Waals surface area contributed by atoms with E-state index in [2.05, 4.69) is 10.5 Å². The van der Waals surface area contributed by atoms with Crippen molar-refractivity contribution >= 4 is 12.1 Å². The van der Waals surface area contributed by atoms with E-state index in [-0.39, 0.29) is 6.61 Å². The average molecular weight is 300 g/mol. The molecule has 0 heterocycles. The summed E-state index contributed by atoms with van der Waals surface area (Å²) in [5, 5.41) is 3.71. The van der Waals surface area contributed by atoms with E-state index < -0.39 is 11.7 Å². The van der Waals surface area contributed by atoms with Gasteiger partial charge in [0.2, 0.25) is 0 Å². The van der Waals surface area contributed by atoms with E-state index in [4.69, 9.17) is 4.74 Å². The van der Waals surface area contributed by atoms with Crippen molar-refractivity contribution in [3.05, 3.63) is 65.0 Å². The predicted octanol–water partition coefficient (Wildman–Crippen LogP) is 2.97. The molecular weight excluding hydrogens is 283 g/mol. The van der Waals surface area contributed by atoms with Crippen LogP contribution in [0.5, 0.6) is 5.75 Å². The van der Waals surface area contributed by atoms with Crippen LogP contribution in [0.4, 0.5) is 4.39 Å². The molecule has 0 fully saturated rings. The smallest absolute Gasteiger partial charge is 0.277 e. The van der Waals surface area contributed by atoms with Crippen LogP contribution in [-0.2, 0) is 4.79 Å². The van der Waals surface area contributed by atoms with Gasteiger partial charge in [-0.25, -0.2) is 9.82 Å². The molecule has 0 aliphatic carbocycles. The van der Waals surface area contributed by atoms with Crippen molar-refractivity contribution in [3.63, 3.8) is 0 Å². The van der Waals surface area contributed by atoms with Gasteiger partial charge in [0.05, 0.1) is 6.21 Å². The molecule has 1 amide bonds. The second kappa shape index (κ2) is 7.36. The average Bonchev–Trinajstić information content (AvgIpc) is 2.50. The lowest BCUT2D eigenvalue weighted by molar-refractivity contribution is -0.123. The zero-order chi connectivity index (χ0) is 15.9. The van der Waals surface area contributed by atoms with Gasteiger partial charge in [0.1, 0.15) is 11.6 Å². The molecule has 114 valence electrons. The van der Waals surface area contributed by atoms with Crippen LogP contribution in [0.3, 0.4) is 0 Å². The Hall–Kier alpha value is -2.69. The Morgan fingerprint density at radius 1 is 1.27 bits per heavy atom. The number of rotatable bonds is 5. The Kier molecular flexibility index (Phi) is 5.25. The van der Waals surface area contributed by atoms with Crippen LogP contribution >= 0.6 is 0 Å². The maximum absolute atomic E-state index is 13.3. The van der Waals surface area contributed by atoms with Crippen LogP contribution < -0.4 is 10.2 Å². The number of nitrogens with one attached hydrogen (secondary N) is 1. The van der Waals surface area contributed by atoms with Gasteiger partial charge in [-0.15, -0.1) is 0 Å². The number of carbonyl (C=O) groups excluding carboxylic acids is 1. The summed E-state index contributed by atoms with van der Waals surface area (Å²) in [5.41, 5.74) is 4.61. The van der Waals surface area contributed by atoms with E-state index in [9.17, 15) is 9.18 Å². The highest BCUT2D eigenvalue weighted by atomic mass is 19.1. The number of aryl methyl sites for hydroxylation is 2. The third kappa shape index (κ3) is 4.41. The monoisotopic (exact) mass is 300 g/mol. The molecule has 0 saturated carbocycles. The van der Waals surface area contributed by atoms with Gasteiger partial charge in [0.15, 0.2) is 6.61 Å². The van der Waals surface area contributed by atoms with Crippen molar-refractivity contribution in [1.82, 2.24) is 5.43 Å². The molecule has 2 aromatic carbocycles. The maximum Gasteiger partial charge on any atom is 0.277 e. The highest BCUT2D eigenvalue weighted by Crippen LogP contribution is 2.18. The van der Waals surface area contributed by atoms with Crippen molar-refractivity contribution in [2.45, 2.75) is 13.8 Å². The number of benzene rings is 2. The van der Waals surface area contributed by atoms with Gasteiger partial charge >= 0.3 is 0 Å². The highest BCUT2D eigenvalue weighted by molar-refractivity contribution is 5.83. The van der Waals surface area contributed by atoms with E-state index in [0.717, 1.165) is 11.1 Å². The molecular formula is C17H17FN2O2. The molecule has 0 spiro atoms. The van der Waals surface area contributed by atoms with Crippen LogP contribution in [0.25, 0.3) is 0 Å². The standard InChI is InChI=1S/C17H17FN2O2/c1-12-7-8-13(2)16(9-12)22-11-17(21)20-19-10-14-5-3-4-6-15(14)18/h3-10H,11H2,1-2H3,(H,20,21)/b19-10+. The van der Waals surface area contributed by atoms with Crippen LogP contribution in [-0.4, -0.2) is 18.7 Å². The summed E-state index contributed by atoms with van der Waals surface area (Å²) in [6.07, 6.45) is 1.26. The molecule has 0 aromatic heterocycles. The third-order valence-corrected chi connectivity index (χ3v) is 3.00. The molecule has 0 aliphatic heterocycles. The molecule has 4 nitrogen and oxygen atoms in total. The molecule has 22 heavy (non-hydrogen) atoms.